The average molecular weight is 510 g/mol. The number of hydrogen-bond donors (Lipinski definition) is 3. The van der Waals surface area contributed by atoms with E-state index >= 15 is 0 Å². The molecule has 0 bridgehead atoms. The second-order valence-corrected chi connectivity index (χ2v) is 7.87. The predicted octanol–water partition coefficient (Wildman–Crippen LogP) is 4.55. The number of ether oxygens (including phenoxy) is 1. The third-order valence-corrected chi connectivity index (χ3v) is 5.16. The molecule has 4 rings (SSSR count). The van der Waals surface area contributed by atoms with Crippen LogP contribution in [-0.2, 0) is 24.1 Å². The first-order valence-electron chi connectivity index (χ1n) is 10.9. The number of nitrogens with one attached hydrogen (secondary N) is 2. The lowest BCUT2D eigenvalue weighted by Gasteiger charge is -2.09. The first kappa shape index (κ1) is 25.2. The van der Waals surface area contributed by atoms with Gasteiger partial charge in [0.25, 0.3) is 5.91 Å². The van der Waals surface area contributed by atoms with E-state index in [1.54, 1.807) is 48.8 Å². The van der Waals surface area contributed by atoms with Crippen molar-refractivity contribution < 1.29 is 27.5 Å². The average Bonchev–Trinajstić information content (AvgIpc) is 3.26. The topological polar surface area (TPSA) is 124 Å². The third-order valence-electron chi connectivity index (χ3n) is 5.16. The molecule has 2 heterocycles. The Labute approximate surface area is 209 Å². The zero-order valence-electron chi connectivity index (χ0n) is 19.2. The molecular weight excluding hydrogens is 489 g/mol. The number of amides is 2. The summed E-state index contributed by atoms with van der Waals surface area (Å²) in [7, 11) is 0. The van der Waals surface area contributed by atoms with Gasteiger partial charge in [-0.2, -0.15) is 13.2 Å². The minimum Gasteiger partial charge on any atom is -0.445 e. The number of carbonyl (C=O) groups excluding carboxylic acids is 2. The van der Waals surface area contributed by atoms with Gasteiger partial charge in [-0.25, -0.2) is 9.48 Å². The molecule has 190 valence electrons. The van der Waals surface area contributed by atoms with Crippen LogP contribution >= 0.6 is 0 Å². The zero-order valence-corrected chi connectivity index (χ0v) is 19.2. The van der Waals surface area contributed by atoms with E-state index in [1.807, 2.05) is 0 Å². The summed E-state index contributed by atoms with van der Waals surface area (Å²) in [5, 5.41) is 9.27. The molecule has 0 radical (unpaired) electrons. The summed E-state index contributed by atoms with van der Waals surface area (Å²) in [6.07, 6.45) is -0.575. The molecule has 0 fully saturated rings. The summed E-state index contributed by atoms with van der Waals surface area (Å²) in [5.41, 5.74) is 7.06. The molecule has 0 aliphatic carbocycles. The number of alkyl halides is 3. The quantitative estimate of drug-likeness (QED) is 0.335. The summed E-state index contributed by atoms with van der Waals surface area (Å²) < 4.78 is 45.3. The number of nitrogens with zero attached hydrogens (tertiary/aromatic N) is 3. The van der Waals surface area contributed by atoms with Crippen molar-refractivity contribution in [2.75, 3.05) is 11.1 Å². The van der Waals surface area contributed by atoms with E-state index in [4.69, 9.17) is 10.5 Å². The number of halogens is 3. The number of carbonyl (C=O) groups is 2. The Bertz CT molecular complexity index is 1390. The monoisotopic (exact) mass is 510 g/mol. The smallest absolute Gasteiger partial charge is 0.416 e. The van der Waals surface area contributed by atoms with Crippen molar-refractivity contribution >= 4 is 23.5 Å². The number of alkyl carbamates (subject to hydrolysis) is 1. The van der Waals surface area contributed by atoms with Crippen LogP contribution in [0.2, 0.25) is 0 Å². The van der Waals surface area contributed by atoms with Crippen LogP contribution < -0.4 is 16.4 Å². The van der Waals surface area contributed by atoms with Gasteiger partial charge >= 0.3 is 12.3 Å². The summed E-state index contributed by atoms with van der Waals surface area (Å²) in [6, 6.07) is 14.5. The lowest BCUT2D eigenvalue weighted by Crippen LogP contribution is -2.23. The van der Waals surface area contributed by atoms with Crippen molar-refractivity contribution in [2.45, 2.75) is 19.3 Å². The van der Waals surface area contributed by atoms with Gasteiger partial charge in [-0.05, 0) is 42.0 Å². The molecule has 0 saturated heterocycles. The molecular formula is C25H21F3N6O3. The summed E-state index contributed by atoms with van der Waals surface area (Å²) in [5.74, 6) is -0.513. The molecule has 0 aliphatic heterocycles. The highest BCUT2D eigenvalue weighted by atomic mass is 19.4. The van der Waals surface area contributed by atoms with Gasteiger partial charge < -0.3 is 21.1 Å². The molecule has 0 atom stereocenters. The second kappa shape index (κ2) is 10.8. The van der Waals surface area contributed by atoms with Crippen LogP contribution in [0.25, 0.3) is 5.69 Å². The number of pyridine rings is 1. The lowest BCUT2D eigenvalue weighted by molar-refractivity contribution is -0.137. The second-order valence-electron chi connectivity index (χ2n) is 7.87. The Balaban J connectivity index is 1.33. The van der Waals surface area contributed by atoms with E-state index in [0.717, 1.165) is 27.9 Å². The maximum Gasteiger partial charge on any atom is 0.416 e. The molecule has 4 N–H and O–H groups in total. The van der Waals surface area contributed by atoms with Gasteiger partial charge in [0, 0.05) is 30.1 Å². The van der Waals surface area contributed by atoms with Crippen molar-refractivity contribution in [3.8, 4) is 5.69 Å². The lowest BCUT2D eigenvalue weighted by atomic mass is 10.1. The van der Waals surface area contributed by atoms with Gasteiger partial charge in [0.15, 0.2) is 5.82 Å². The maximum atomic E-state index is 13.0. The molecule has 0 aliphatic rings. The molecule has 2 amide bonds. The number of nitrogens with two attached hydrogens (primary N) is 1. The van der Waals surface area contributed by atoms with E-state index < -0.39 is 23.7 Å². The minimum atomic E-state index is -4.51. The Morgan fingerprint density at radius 1 is 1.03 bits per heavy atom. The Morgan fingerprint density at radius 2 is 1.81 bits per heavy atom. The number of aromatic nitrogens is 3. The largest absolute Gasteiger partial charge is 0.445 e. The number of rotatable bonds is 7. The molecule has 0 saturated carbocycles. The van der Waals surface area contributed by atoms with Crippen LogP contribution in [0, 0.1) is 0 Å². The van der Waals surface area contributed by atoms with E-state index in [-0.39, 0.29) is 35.9 Å². The van der Waals surface area contributed by atoms with E-state index in [9.17, 15) is 22.8 Å². The number of benzene rings is 2. The van der Waals surface area contributed by atoms with Crippen LogP contribution in [-0.4, -0.2) is 26.8 Å². The van der Waals surface area contributed by atoms with E-state index in [2.05, 4.69) is 20.7 Å². The number of anilines is 2. The van der Waals surface area contributed by atoms with Gasteiger partial charge in [-0.15, -0.1) is 5.10 Å². The molecule has 37 heavy (non-hydrogen) atoms. The Hall–Kier alpha value is -4.87. The highest BCUT2D eigenvalue weighted by molar-refractivity contribution is 6.05. The van der Waals surface area contributed by atoms with Crippen LogP contribution in [0.1, 0.15) is 27.0 Å². The van der Waals surface area contributed by atoms with Gasteiger partial charge in [-0.3, -0.25) is 9.78 Å². The van der Waals surface area contributed by atoms with Gasteiger partial charge in [0.2, 0.25) is 0 Å². The maximum absolute atomic E-state index is 13.0. The SMILES string of the molecule is Nc1cn(-c2cccc(C(F)(F)F)c2)nc1NC(=O)c1ccc(CNC(=O)OCc2cccnc2)cc1. The van der Waals surface area contributed by atoms with Crippen molar-refractivity contribution in [3.63, 3.8) is 0 Å². The summed E-state index contributed by atoms with van der Waals surface area (Å²) >= 11 is 0. The fourth-order valence-corrected chi connectivity index (χ4v) is 3.25. The first-order valence-corrected chi connectivity index (χ1v) is 10.9. The predicted molar refractivity (Wildman–Crippen MR) is 129 cm³/mol. The highest BCUT2D eigenvalue weighted by Crippen LogP contribution is 2.30. The molecule has 0 unspecified atom stereocenters. The zero-order chi connectivity index (χ0) is 26.4. The number of nitrogen functional groups attached to an aromatic ring is 1. The highest BCUT2D eigenvalue weighted by Gasteiger charge is 2.30. The van der Waals surface area contributed by atoms with Crippen LogP contribution in [0.4, 0.5) is 29.5 Å². The first-order chi connectivity index (χ1) is 17.7. The van der Waals surface area contributed by atoms with Crippen molar-refractivity contribution in [1.29, 1.82) is 0 Å². The van der Waals surface area contributed by atoms with Crippen molar-refractivity contribution in [2.24, 2.45) is 0 Å². The number of hydrogen-bond acceptors (Lipinski definition) is 6. The van der Waals surface area contributed by atoms with Crippen molar-refractivity contribution in [1.82, 2.24) is 20.1 Å². The Morgan fingerprint density at radius 3 is 2.51 bits per heavy atom. The normalized spacial score (nSPS) is 11.1. The molecule has 2 aromatic carbocycles. The third kappa shape index (κ3) is 6.63. The van der Waals surface area contributed by atoms with Crippen LogP contribution in [0.3, 0.4) is 0 Å². The van der Waals surface area contributed by atoms with Gasteiger partial charge in [0.05, 0.1) is 23.1 Å². The molecule has 0 spiro atoms. The summed E-state index contributed by atoms with van der Waals surface area (Å²) in [4.78, 5) is 28.5. The standard InChI is InChI=1S/C25H21F3N6O3/c26-25(27,28)19-4-1-5-20(11-19)34-14-21(29)22(33-34)32-23(35)18-8-6-16(7-9-18)13-31-24(36)37-15-17-3-2-10-30-12-17/h1-12,14H,13,15,29H2,(H,31,36)(H,32,33,35). The van der Waals surface area contributed by atoms with Gasteiger partial charge in [0.1, 0.15) is 6.61 Å². The van der Waals surface area contributed by atoms with Crippen LogP contribution in [0.5, 0.6) is 0 Å². The van der Waals surface area contributed by atoms with Crippen molar-refractivity contribution in [3.05, 3.63) is 102 Å². The van der Waals surface area contributed by atoms with E-state index in [0.29, 0.717) is 0 Å². The van der Waals surface area contributed by atoms with Crippen LogP contribution in [0.15, 0.2) is 79.3 Å². The Kier molecular flexibility index (Phi) is 7.37. The molecule has 9 nitrogen and oxygen atoms in total. The minimum absolute atomic E-state index is 0.00418. The molecule has 2 aromatic heterocycles. The fraction of sp³-hybridized carbons (Fsp3) is 0.120. The molecule has 12 heteroatoms. The van der Waals surface area contributed by atoms with Gasteiger partial charge in [-0.1, -0.05) is 24.3 Å². The molecule has 4 aromatic rings. The summed E-state index contributed by atoms with van der Waals surface area (Å²) in [6.45, 7) is 0.271. The van der Waals surface area contributed by atoms with E-state index in [1.165, 1.54) is 18.3 Å². The fourth-order valence-electron chi connectivity index (χ4n) is 3.25.